The van der Waals surface area contributed by atoms with Gasteiger partial charge < -0.3 is 10.6 Å². The Morgan fingerprint density at radius 3 is 3.20 bits per heavy atom. The SMILES string of the molecule is O=C(CC1CCNC1)NCc1nn[nH]n1. The van der Waals surface area contributed by atoms with Gasteiger partial charge in [0.25, 0.3) is 0 Å². The van der Waals surface area contributed by atoms with Gasteiger partial charge in [-0.2, -0.15) is 5.21 Å². The number of amides is 1. The molecule has 1 amide bonds. The van der Waals surface area contributed by atoms with Gasteiger partial charge in [-0.3, -0.25) is 4.79 Å². The maximum atomic E-state index is 11.5. The number of aromatic amines is 1. The summed E-state index contributed by atoms with van der Waals surface area (Å²) in [6.45, 7) is 2.30. The van der Waals surface area contributed by atoms with Gasteiger partial charge in [-0.15, -0.1) is 10.2 Å². The standard InChI is InChI=1S/C8H14N6O/c15-8(3-6-1-2-9-4-6)10-5-7-11-13-14-12-7/h6,9H,1-5H2,(H,10,15)(H,11,12,13,14). The van der Waals surface area contributed by atoms with Gasteiger partial charge in [0, 0.05) is 6.42 Å². The largest absolute Gasteiger partial charge is 0.349 e. The van der Waals surface area contributed by atoms with Gasteiger partial charge in [0.05, 0.1) is 6.54 Å². The number of rotatable bonds is 4. The number of hydrogen-bond acceptors (Lipinski definition) is 5. The van der Waals surface area contributed by atoms with Crippen molar-refractivity contribution in [1.82, 2.24) is 31.3 Å². The molecule has 1 aliphatic rings. The Labute approximate surface area is 87.0 Å². The molecule has 1 atom stereocenters. The van der Waals surface area contributed by atoms with Crippen LogP contribution in [0.25, 0.3) is 0 Å². The van der Waals surface area contributed by atoms with E-state index in [-0.39, 0.29) is 5.91 Å². The summed E-state index contributed by atoms with van der Waals surface area (Å²) in [5.41, 5.74) is 0. The van der Waals surface area contributed by atoms with E-state index in [1.165, 1.54) is 0 Å². The molecule has 2 heterocycles. The summed E-state index contributed by atoms with van der Waals surface area (Å²) in [4.78, 5) is 11.5. The average molecular weight is 210 g/mol. The molecule has 1 saturated heterocycles. The number of nitrogens with zero attached hydrogens (tertiary/aromatic N) is 3. The molecule has 1 unspecified atom stereocenters. The third-order valence-electron chi connectivity index (χ3n) is 2.47. The highest BCUT2D eigenvalue weighted by atomic mass is 16.1. The van der Waals surface area contributed by atoms with E-state index in [2.05, 4.69) is 31.3 Å². The first-order valence-electron chi connectivity index (χ1n) is 5.04. The van der Waals surface area contributed by atoms with Crippen molar-refractivity contribution >= 4 is 5.91 Å². The second kappa shape index (κ2) is 4.83. The Balaban J connectivity index is 1.68. The van der Waals surface area contributed by atoms with Crippen LogP contribution >= 0.6 is 0 Å². The third kappa shape index (κ3) is 2.98. The van der Waals surface area contributed by atoms with Crippen LogP contribution in [-0.2, 0) is 11.3 Å². The van der Waals surface area contributed by atoms with Crippen LogP contribution in [0.4, 0.5) is 0 Å². The Bertz CT molecular complexity index is 305. The monoisotopic (exact) mass is 210 g/mol. The molecule has 0 aromatic carbocycles. The number of aromatic nitrogens is 4. The van der Waals surface area contributed by atoms with Crippen molar-refractivity contribution < 1.29 is 4.79 Å². The van der Waals surface area contributed by atoms with E-state index in [1.807, 2.05) is 0 Å². The van der Waals surface area contributed by atoms with Crippen LogP contribution in [0, 0.1) is 5.92 Å². The molecule has 1 aliphatic heterocycles. The molecule has 1 aromatic rings. The average Bonchev–Trinajstić information content (AvgIpc) is 2.86. The van der Waals surface area contributed by atoms with Gasteiger partial charge in [-0.1, -0.05) is 5.21 Å². The van der Waals surface area contributed by atoms with E-state index < -0.39 is 0 Å². The van der Waals surface area contributed by atoms with Gasteiger partial charge in [0.15, 0.2) is 5.82 Å². The summed E-state index contributed by atoms with van der Waals surface area (Å²) in [6.07, 6.45) is 1.65. The molecule has 7 nitrogen and oxygen atoms in total. The van der Waals surface area contributed by atoms with Gasteiger partial charge >= 0.3 is 0 Å². The minimum absolute atomic E-state index is 0.0495. The number of carbonyl (C=O) groups is 1. The van der Waals surface area contributed by atoms with Crippen LogP contribution in [0.1, 0.15) is 18.7 Å². The Morgan fingerprint density at radius 1 is 1.60 bits per heavy atom. The van der Waals surface area contributed by atoms with E-state index in [9.17, 15) is 4.79 Å². The molecule has 0 spiro atoms. The molecule has 82 valence electrons. The van der Waals surface area contributed by atoms with Crippen LogP contribution in [0.3, 0.4) is 0 Å². The van der Waals surface area contributed by atoms with E-state index in [0.29, 0.717) is 24.7 Å². The van der Waals surface area contributed by atoms with Crippen molar-refractivity contribution in [2.45, 2.75) is 19.4 Å². The molecular formula is C8H14N6O. The minimum Gasteiger partial charge on any atom is -0.349 e. The third-order valence-corrected chi connectivity index (χ3v) is 2.47. The molecule has 7 heteroatoms. The second-order valence-corrected chi connectivity index (χ2v) is 3.67. The molecule has 2 rings (SSSR count). The van der Waals surface area contributed by atoms with Gasteiger partial charge in [-0.05, 0) is 25.4 Å². The van der Waals surface area contributed by atoms with Crippen molar-refractivity contribution in [3.8, 4) is 0 Å². The van der Waals surface area contributed by atoms with Gasteiger partial charge in [0.2, 0.25) is 5.91 Å². The van der Waals surface area contributed by atoms with Crippen LogP contribution in [0.15, 0.2) is 0 Å². The zero-order valence-electron chi connectivity index (χ0n) is 8.36. The van der Waals surface area contributed by atoms with Crippen molar-refractivity contribution in [3.05, 3.63) is 5.82 Å². The molecule has 1 fully saturated rings. The Hall–Kier alpha value is -1.50. The smallest absolute Gasteiger partial charge is 0.220 e. The quantitative estimate of drug-likeness (QED) is 0.581. The Morgan fingerprint density at radius 2 is 2.53 bits per heavy atom. The van der Waals surface area contributed by atoms with Crippen LogP contribution in [0.2, 0.25) is 0 Å². The van der Waals surface area contributed by atoms with Crippen molar-refractivity contribution in [1.29, 1.82) is 0 Å². The molecule has 3 N–H and O–H groups in total. The summed E-state index contributed by atoms with van der Waals surface area (Å²) in [5.74, 6) is 1.02. The summed E-state index contributed by atoms with van der Waals surface area (Å²) in [7, 11) is 0. The highest BCUT2D eigenvalue weighted by Gasteiger charge is 2.17. The number of tetrazole rings is 1. The number of carbonyl (C=O) groups excluding carboxylic acids is 1. The first-order chi connectivity index (χ1) is 7.34. The normalized spacial score (nSPS) is 20.4. The lowest BCUT2D eigenvalue weighted by Gasteiger charge is -2.07. The van der Waals surface area contributed by atoms with Gasteiger partial charge in [-0.25, -0.2) is 0 Å². The Kier molecular flexibility index (Phi) is 3.23. The molecule has 0 aliphatic carbocycles. The molecule has 0 radical (unpaired) electrons. The van der Waals surface area contributed by atoms with Crippen molar-refractivity contribution in [2.24, 2.45) is 5.92 Å². The topological polar surface area (TPSA) is 95.6 Å². The first-order valence-corrected chi connectivity index (χ1v) is 5.04. The molecule has 1 aromatic heterocycles. The number of hydrogen-bond donors (Lipinski definition) is 3. The fraction of sp³-hybridized carbons (Fsp3) is 0.750. The maximum Gasteiger partial charge on any atom is 0.220 e. The molecule has 0 saturated carbocycles. The van der Waals surface area contributed by atoms with E-state index in [0.717, 1.165) is 19.5 Å². The highest BCUT2D eigenvalue weighted by molar-refractivity contribution is 5.76. The van der Waals surface area contributed by atoms with E-state index >= 15 is 0 Å². The molecule has 15 heavy (non-hydrogen) atoms. The zero-order valence-corrected chi connectivity index (χ0v) is 8.36. The molecular weight excluding hydrogens is 196 g/mol. The van der Waals surface area contributed by atoms with E-state index in [4.69, 9.17) is 0 Å². The van der Waals surface area contributed by atoms with Gasteiger partial charge in [0.1, 0.15) is 0 Å². The highest BCUT2D eigenvalue weighted by Crippen LogP contribution is 2.11. The lowest BCUT2D eigenvalue weighted by Crippen LogP contribution is -2.26. The summed E-state index contributed by atoms with van der Waals surface area (Å²) >= 11 is 0. The van der Waals surface area contributed by atoms with Crippen LogP contribution in [0.5, 0.6) is 0 Å². The van der Waals surface area contributed by atoms with Crippen LogP contribution < -0.4 is 10.6 Å². The minimum atomic E-state index is 0.0495. The van der Waals surface area contributed by atoms with Crippen molar-refractivity contribution in [3.63, 3.8) is 0 Å². The predicted molar refractivity (Wildman–Crippen MR) is 51.6 cm³/mol. The summed E-state index contributed by atoms with van der Waals surface area (Å²) in [6, 6.07) is 0. The number of nitrogens with one attached hydrogen (secondary N) is 3. The van der Waals surface area contributed by atoms with E-state index in [1.54, 1.807) is 0 Å². The predicted octanol–water partition coefficient (Wildman–Crippen LogP) is -1.18. The fourth-order valence-electron chi connectivity index (χ4n) is 1.66. The summed E-state index contributed by atoms with van der Waals surface area (Å²) in [5, 5.41) is 19.2. The lowest BCUT2D eigenvalue weighted by atomic mass is 10.0. The van der Waals surface area contributed by atoms with Crippen LogP contribution in [-0.4, -0.2) is 39.6 Å². The fourth-order valence-corrected chi connectivity index (χ4v) is 1.66. The molecule has 0 bridgehead atoms. The summed E-state index contributed by atoms with van der Waals surface area (Å²) < 4.78 is 0. The second-order valence-electron chi connectivity index (χ2n) is 3.67. The lowest BCUT2D eigenvalue weighted by molar-refractivity contribution is -0.122. The first kappa shape index (κ1) is 10.0. The maximum absolute atomic E-state index is 11.5. The number of H-pyrrole nitrogens is 1. The zero-order chi connectivity index (χ0) is 10.5. The van der Waals surface area contributed by atoms with Crippen molar-refractivity contribution in [2.75, 3.05) is 13.1 Å².